The fourth-order valence-corrected chi connectivity index (χ4v) is 5.76. The predicted molar refractivity (Wildman–Crippen MR) is 135 cm³/mol. The fraction of sp³-hybridized carbons (Fsp3) is 0.222. The van der Waals surface area contributed by atoms with Gasteiger partial charge in [-0.15, -0.1) is 11.3 Å². The summed E-state index contributed by atoms with van der Waals surface area (Å²) in [6.07, 6.45) is 0. The summed E-state index contributed by atoms with van der Waals surface area (Å²) in [5.74, 6) is 0.126. The van der Waals surface area contributed by atoms with Crippen molar-refractivity contribution in [3.8, 4) is 22.6 Å². The molecule has 1 aliphatic rings. The number of phenolic OH excluding ortho intramolecular Hbond substituents is 1. The standard InChI is InChI=1S/C27H22ClF2NO3S/c28-23-11-18(30)3-7-21(23)26(33)27-25(22-8-4-19(32)12-24(22)35-27)17-1-5-20(6-2-17)34-10-9-31-14-16(13-29)15-31/h1-8,11-12,16,32H,9-10,13-15H2. The Morgan fingerprint density at radius 1 is 1.11 bits per heavy atom. The van der Waals surface area contributed by atoms with E-state index in [1.165, 1.54) is 23.5 Å². The molecule has 0 spiro atoms. The minimum atomic E-state index is -0.514. The van der Waals surface area contributed by atoms with Crippen LogP contribution in [0.1, 0.15) is 15.2 Å². The van der Waals surface area contributed by atoms with E-state index in [1.807, 2.05) is 24.3 Å². The van der Waals surface area contributed by atoms with Crippen LogP contribution in [0, 0.1) is 11.7 Å². The van der Waals surface area contributed by atoms with Crippen molar-refractivity contribution in [1.29, 1.82) is 0 Å². The van der Waals surface area contributed by atoms with Crippen molar-refractivity contribution in [2.75, 3.05) is 32.9 Å². The quantitative estimate of drug-likeness (QED) is 0.270. The number of thiophene rings is 1. The topological polar surface area (TPSA) is 49.8 Å². The Morgan fingerprint density at radius 2 is 1.89 bits per heavy atom. The first kappa shape index (κ1) is 23.7. The van der Waals surface area contributed by atoms with Crippen molar-refractivity contribution in [2.45, 2.75) is 0 Å². The highest BCUT2D eigenvalue weighted by Crippen LogP contribution is 2.42. The molecule has 4 aromatic rings. The van der Waals surface area contributed by atoms with Crippen molar-refractivity contribution in [3.05, 3.63) is 81.9 Å². The lowest BCUT2D eigenvalue weighted by molar-refractivity contribution is 0.0668. The van der Waals surface area contributed by atoms with Crippen molar-refractivity contribution in [2.24, 2.45) is 5.92 Å². The van der Waals surface area contributed by atoms with Gasteiger partial charge >= 0.3 is 0 Å². The highest BCUT2D eigenvalue weighted by Gasteiger charge is 2.26. The number of carbonyl (C=O) groups is 1. The van der Waals surface area contributed by atoms with Crippen LogP contribution >= 0.6 is 22.9 Å². The summed E-state index contributed by atoms with van der Waals surface area (Å²) in [7, 11) is 0. The van der Waals surface area contributed by atoms with Crippen LogP contribution in [-0.2, 0) is 0 Å². The van der Waals surface area contributed by atoms with Gasteiger partial charge in [0.1, 0.15) is 23.9 Å². The summed E-state index contributed by atoms with van der Waals surface area (Å²) in [6.45, 7) is 2.52. The van der Waals surface area contributed by atoms with Gasteiger partial charge in [0.15, 0.2) is 0 Å². The van der Waals surface area contributed by atoms with E-state index in [4.69, 9.17) is 16.3 Å². The number of hydrogen-bond acceptors (Lipinski definition) is 5. The smallest absolute Gasteiger partial charge is 0.205 e. The lowest BCUT2D eigenvalue weighted by Crippen LogP contribution is -2.49. The summed E-state index contributed by atoms with van der Waals surface area (Å²) in [4.78, 5) is 16.1. The number of phenols is 1. The van der Waals surface area contributed by atoms with Crippen molar-refractivity contribution < 1.29 is 23.4 Å². The number of alkyl halides is 1. The van der Waals surface area contributed by atoms with E-state index in [9.17, 15) is 18.7 Å². The molecule has 1 fully saturated rings. The van der Waals surface area contributed by atoms with Crippen LogP contribution in [0.2, 0.25) is 5.02 Å². The summed E-state index contributed by atoms with van der Waals surface area (Å²) in [6, 6.07) is 16.2. The average Bonchev–Trinajstić information content (AvgIpc) is 3.19. The molecule has 0 aliphatic carbocycles. The summed E-state index contributed by atoms with van der Waals surface area (Å²) < 4.78 is 32.7. The molecule has 1 saturated heterocycles. The lowest BCUT2D eigenvalue weighted by atomic mass is 9.98. The number of nitrogens with zero attached hydrogens (tertiary/aromatic N) is 1. The number of hydrogen-bond donors (Lipinski definition) is 1. The predicted octanol–water partition coefficient (Wildman–Crippen LogP) is 6.58. The number of benzene rings is 3. The zero-order valence-corrected chi connectivity index (χ0v) is 20.2. The van der Waals surface area contributed by atoms with Crippen LogP contribution in [0.3, 0.4) is 0 Å². The number of ether oxygens (including phenoxy) is 1. The highest BCUT2D eigenvalue weighted by molar-refractivity contribution is 7.21. The number of fused-ring (bicyclic) bond motifs is 1. The molecule has 0 unspecified atom stereocenters. The molecule has 1 aliphatic heterocycles. The van der Waals surface area contributed by atoms with Crippen LogP contribution in [0.25, 0.3) is 21.2 Å². The van der Waals surface area contributed by atoms with Crippen LogP contribution in [0.4, 0.5) is 8.78 Å². The Morgan fingerprint density at radius 3 is 2.60 bits per heavy atom. The van der Waals surface area contributed by atoms with Gasteiger partial charge in [0, 0.05) is 46.8 Å². The zero-order chi connectivity index (χ0) is 24.5. The van der Waals surface area contributed by atoms with E-state index < -0.39 is 5.82 Å². The van der Waals surface area contributed by atoms with Gasteiger partial charge in [-0.1, -0.05) is 23.7 Å². The average molecular weight is 514 g/mol. The molecule has 5 rings (SSSR count). The molecule has 2 heterocycles. The molecule has 35 heavy (non-hydrogen) atoms. The number of likely N-dealkylation sites (tertiary alicyclic amines) is 1. The molecule has 0 bridgehead atoms. The Hall–Kier alpha value is -3.00. The van der Waals surface area contributed by atoms with Gasteiger partial charge in [-0.05, 0) is 54.1 Å². The first-order valence-electron chi connectivity index (χ1n) is 11.2. The molecule has 1 aromatic heterocycles. The molecule has 3 aromatic carbocycles. The first-order chi connectivity index (χ1) is 16.9. The Bertz CT molecular complexity index is 1380. The number of aromatic hydroxyl groups is 1. The molecule has 8 heteroatoms. The first-order valence-corrected chi connectivity index (χ1v) is 12.4. The Balaban J connectivity index is 1.42. The maximum Gasteiger partial charge on any atom is 0.205 e. The van der Waals surface area contributed by atoms with Crippen molar-refractivity contribution in [1.82, 2.24) is 4.90 Å². The molecule has 180 valence electrons. The molecule has 4 nitrogen and oxygen atoms in total. The molecule has 0 saturated carbocycles. The number of ketones is 1. The zero-order valence-electron chi connectivity index (χ0n) is 18.6. The van der Waals surface area contributed by atoms with Crippen LogP contribution in [0.15, 0.2) is 60.7 Å². The molecule has 0 radical (unpaired) electrons. The third-order valence-electron chi connectivity index (χ3n) is 6.13. The summed E-state index contributed by atoms with van der Waals surface area (Å²) >= 11 is 7.44. The SMILES string of the molecule is O=C(c1ccc(F)cc1Cl)c1sc2cc(O)ccc2c1-c1ccc(OCCN2CC(CF)C2)cc1. The van der Waals surface area contributed by atoms with Gasteiger partial charge in [0.25, 0.3) is 0 Å². The molecule has 0 amide bonds. The van der Waals surface area contributed by atoms with Gasteiger partial charge < -0.3 is 9.84 Å². The number of carbonyl (C=O) groups excluding carboxylic acids is 1. The molecular weight excluding hydrogens is 492 g/mol. The van der Waals surface area contributed by atoms with E-state index in [1.54, 1.807) is 18.2 Å². The van der Waals surface area contributed by atoms with Crippen LogP contribution in [0.5, 0.6) is 11.5 Å². The van der Waals surface area contributed by atoms with E-state index in [2.05, 4.69) is 4.90 Å². The van der Waals surface area contributed by atoms with Gasteiger partial charge in [0.05, 0.1) is 16.6 Å². The second-order valence-electron chi connectivity index (χ2n) is 8.59. The van der Waals surface area contributed by atoms with Crippen molar-refractivity contribution in [3.63, 3.8) is 0 Å². The second kappa shape index (κ2) is 9.93. The monoisotopic (exact) mass is 513 g/mol. The maximum absolute atomic E-state index is 13.5. The van der Waals surface area contributed by atoms with Gasteiger partial charge in [-0.25, -0.2) is 4.39 Å². The van der Waals surface area contributed by atoms with Gasteiger partial charge in [0.2, 0.25) is 5.78 Å². The highest BCUT2D eigenvalue weighted by atomic mass is 35.5. The summed E-state index contributed by atoms with van der Waals surface area (Å²) in [5, 5.41) is 10.8. The molecule has 1 N–H and O–H groups in total. The van der Waals surface area contributed by atoms with E-state index in [0.29, 0.717) is 17.2 Å². The maximum atomic E-state index is 13.5. The third kappa shape index (κ3) is 4.89. The Kier molecular flexibility index (Phi) is 6.73. The minimum absolute atomic E-state index is 0.0463. The Labute approximate surface area is 210 Å². The normalized spacial score (nSPS) is 14.3. The molecule has 0 atom stereocenters. The number of rotatable bonds is 8. The third-order valence-corrected chi connectivity index (χ3v) is 7.59. The largest absolute Gasteiger partial charge is 0.508 e. The van der Waals surface area contributed by atoms with Crippen molar-refractivity contribution >= 4 is 38.8 Å². The number of halogens is 3. The summed E-state index contributed by atoms with van der Waals surface area (Å²) in [5.41, 5.74) is 1.75. The molecular formula is C27H22ClF2NO3S. The second-order valence-corrected chi connectivity index (χ2v) is 10.1. The fourth-order valence-electron chi connectivity index (χ4n) is 4.30. The van der Waals surface area contributed by atoms with E-state index in [-0.39, 0.29) is 34.7 Å². The lowest BCUT2D eigenvalue weighted by Gasteiger charge is -2.37. The van der Waals surface area contributed by atoms with Gasteiger partial charge in [-0.3, -0.25) is 14.1 Å². The van der Waals surface area contributed by atoms with E-state index in [0.717, 1.165) is 46.9 Å². The van der Waals surface area contributed by atoms with Gasteiger partial charge in [-0.2, -0.15) is 0 Å². The van der Waals surface area contributed by atoms with E-state index >= 15 is 0 Å². The van der Waals surface area contributed by atoms with Crippen LogP contribution < -0.4 is 4.74 Å². The van der Waals surface area contributed by atoms with Crippen LogP contribution in [-0.4, -0.2) is 48.7 Å². The minimum Gasteiger partial charge on any atom is -0.508 e.